The first-order chi connectivity index (χ1) is 8.38. The van der Waals surface area contributed by atoms with E-state index in [0.29, 0.717) is 6.07 Å². The third-order valence-electron chi connectivity index (χ3n) is 3.15. The topological polar surface area (TPSA) is 40.5 Å². The Hall–Kier alpha value is -1.33. The molecule has 0 aliphatic rings. The molecule has 1 N–H and O–H groups in total. The highest BCUT2D eigenvalue weighted by Gasteiger charge is 2.25. The highest BCUT2D eigenvalue weighted by molar-refractivity contribution is 6.00. The van der Waals surface area contributed by atoms with E-state index in [9.17, 15) is 13.6 Å². The van der Waals surface area contributed by atoms with Gasteiger partial charge in [0.25, 0.3) is 0 Å². The van der Waals surface area contributed by atoms with E-state index in [0.717, 1.165) is 12.1 Å². The Morgan fingerprint density at radius 1 is 1.39 bits per heavy atom. The van der Waals surface area contributed by atoms with Crippen LogP contribution in [0.5, 0.6) is 0 Å². The maximum Gasteiger partial charge on any atom is 0.182 e. The minimum absolute atomic E-state index is 0.0972. The number of nitrogens with zero attached hydrogens (tertiary/aromatic N) is 1. The first-order valence-electron chi connectivity index (χ1n) is 5.70. The molecule has 0 radical (unpaired) electrons. The molecule has 0 saturated carbocycles. The lowest BCUT2D eigenvalue weighted by atomic mass is 10.0. The van der Waals surface area contributed by atoms with Crippen molar-refractivity contribution >= 4 is 5.78 Å². The van der Waals surface area contributed by atoms with Crippen LogP contribution in [0.25, 0.3) is 0 Å². The standard InChI is InChI=1S/C13H17F2NO2/c1-8(7-17)16(3)9(2)13(18)11-5-4-10(14)6-12(11)15/h4-6,8-9,17H,7H2,1-3H3. The highest BCUT2D eigenvalue weighted by Crippen LogP contribution is 2.15. The maximum atomic E-state index is 13.5. The van der Waals surface area contributed by atoms with E-state index in [1.165, 1.54) is 0 Å². The third kappa shape index (κ3) is 3.11. The van der Waals surface area contributed by atoms with Gasteiger partial charge in [-0.25, -0.2) is 8.78 Å². The van der Waals surface area contributed by atoms with Crippen molar-refractivity contribution in [3.63, 3.8) is 0 Å². The van der Waals surface area contributed by atoms with Gasteiger partial charge in [-0.1, -0.05) is 0 Å². The van der Waals surface area contributed by atoms with E-state index >= 15 is 0 Å². The van der Waals surface area contributed by atoms with Crippen molar-refractivity contribution in [1.29, 1.82) is 0 Å². The lowest BCUT2D eigenvalue weighted by molar-refractivity contribution is 0.0759. The molecule has 0 fully saturated rings. The summed E-state index contributed by atoms with van der Waals surface area (Å²) in [4.78, 5) is 13.7. The average Bonchev–Trinajstić information content (AvgIpc) is 2.35. The summed E-state index contributed by atoms with van der Waals surface area (Å²) in [5, 5.41) is 9.02. The lowest BCUT2D eigenvalue weighted by Crippen LogP contribution is -2.43. The smallest absolute Gasteiger partial charge is 0.182 e. The SMILES string of the molecule is CC(CO)N(C)C(C)C(=O)c1ccc(F)cc1F. The van der Waals surface area contributed by atoms with Gasteiger partial charge in [0.05, 0.1) is 18.2 Å². The molecule has 1 aromatic rings. The van der Waals surface area contributed by atoms with Crippen LogP contribution in [0.4, 0.5) is 8.78 Å². The Morgan fingerprint density at radius 2 is 2.00 bits per heavy atom. The summed E-state index contributed by atoms with van der Waals surface area (Å²) in [6.07, 6.45) is 0. The number of hydrogen-bond donors (Lipinski definition) is 1. The molecule has 0 aromatic heterocycles. The van der Waals surface area contributed by atoms with Gasteiger partial charge in [0, 0.05) is 12.1 Å². The van der Waals surface area contributed by atoms with Crippen molar-refractivity contribution in [2.45, 2.75) is 25.9 Å². The van der Waals surface area contributed by atoms with Crippen LogP contribution in [0.15, 0.2) is 18.2 Å². The molecule has 1 aromatic carbocycles. The number of hydrogen-bond acceptors (Lipinski definition) is 3. The summed E-state index contributed by atoms with van der Waals surface area (Å²) >= 11 is 0. The molecular weight excluding hydrogens is 240 g/mol. The largest absolute Gasteiger partial charge is 0.395 e. The molecule has 5 heteroatoms. The molecule has 3 nitrogen and oxygen atoms in total. The predicted molar refractivity (Wildman–Crippen MR) is 64.5 cm³/mol. The van der Waals surface area contributed by atoms with Gasteiger partial charge >= 0.3 is 0 Å². The van der Waals surface area contributed by atoms with Gasteiger partial charge < -0.3 is 5.11 Å². The zero-order valence-corrected chi connectivity index (χ0v) is 10.7. The van der Waals surface area contributed by atoms with Crippen LogP contribution < -0.4 is 0 Å². The van der Waals surface area contributed by atoms with Gasteiger partial charge in [0.15, 0.2) is 5.78 Å². The monoisotopic (exact) mass is 257 g/mol. The second-order valence-corrected chi connectivity index (χ2v) is 4.36. The maximum absolute atomic E-state index is 13.5. The molecule has 0 aliphatic carbocycles. The number of carbonyl (C=O) groups excluding carboxylic acids is 1. The molecule has 0 heterocycles. The van der Waals surface area contributed by atoms with E-state index in [1.807, 2.05) is 0 Å². The number of aliphatic hydroxyl groups excluding tert-OH is 1. The van der Waals surface area contributed by atoms with Crippen LogP contribution in [-0.2, 0) is 0 Å². The van der Waals surface area contributed by atoms with Crippen molar-refractivity contribution in [2.75, 3.05) is 13.7 Å². The van der Waals surface area contributed by atoms with Crippen molar-refractivity contribution in [2.24, 2.45) is 0 Å². The van der Waals surface area contributed by atoms with E-state index in [1.54, 1.807) is 25.8 Å². The zero-order valence-electron chi connectivity index (χ0n) is 10.7. The number of Topliss-reactive ketones (excluding diaryl/α,β-unsaturated/α-hetero) is 1. The predicted octanol–water partition coefficient (Wildman–Crippen LogP) is 1.85. The Labute approximate surface area is 105 Å². The summed E-state index contributed by atoms with van der Waals surface area (Å²) in [6.45, 7) is 3.28. The van der Waals surface area contributed by atoms with Gasteiger partial charge in [-0.15, -0.1) is 0 Å². The molecule has 0 spiro atoms. The summed E-state index contributed by atoms with van der Waals surface area (Å²) in [7, 11) is 1.67. The first kappa shape index (κ1) is 14.7. The molecule has 100 valence electrons. The molecule has 1 rings (SSSR count). The van der Waals surface area contributed by atoms with E-state index in [2.05, 4.69) is 0 Å². The molecule has 18 heavy (non-hydrogen) atoms. The van der Waals surface area contributed by atoms with Crippen molar-refractivity contribution in [3.8, 4) is 0 Å². The Balaban J connectivity index is 2.93. The molecule has 2 unspecified atom stereocenters. The fraction of sp³-hybridized carbons (Fsp3) is 0.462. The van der Waals surface area contributed by atoms with E-state index in [4.69, 9.17) is 5.11 Å². The average molecular weight is 257 g/mol. The van der Waals surface area contributed by atoms with E-state index < -0.39 is 23.5 Å². The van der Waals surface area contributed by atoms with E-state index in [-0.39, 0.29) is 18.2 Å². The van der Waals surface area contributed by atoms with Gasteiger partial charge in [-0.3, -0.25) is 9.69 Å². The van der Waals surface area contributed by atoms with Gasteiger partial charge in [0.2, 0.25) is 0 Å². The Bertz CT molecular complexity index is 437. The van der Waals surface area contributed by atoms with Gasteiger partial charge in [-0.05, 0) is 33.0 Å². The fourth-order valence-electron chi connectivity index (χ4n) is 1.61. The minimum atomic E-state index is -0.864. The second kappa shape index (κ2) is 6.02. The van der Waals surface area contributed by atoms with Gasteiger partial charge in [0.1, 0.15) is 11.6 Å². The minimum Gasteiger partial charge on any atom is -0.395 e. The van der Waals surface area contributed by atoms with Crippen LogP contribution in [0.1, 0.15) is 24.2 Å². The normalized spacial score (nSPS) is 14.6. The van der Waals surface area contributed by atoms with Crippen molar-refractivity contribution in [1.82, 2.24) is 4.90 Å². The van der Waals surface area contributed by atoms with Crippen LogP contribution in [0.2, 0.25) is 0 Å². The number of ketones is 1. The Kier molecular flexibility index (Phi) is 4.93. The molecule has 0 amide bonds. The Morgan fingerprint density at radius 3 is 2.50 bits per heavy atom. The first-order valence-corrected chi connectivity index (χ1v) is 5.70. The number of carbonyl (C=O) groups is 1. The quantitative estimate of drug-likeness (QED) is 0.818. The molecule has 0 bridgehead atoms. The third-order valence-corrected chi connectivity index (χ3v) is 3.15. The molecule has 2 atom stereocenters. The van der Waals surface area contributed by atoms with Crippen molar-refractivity contribution < 1.29 is 18.7 Å². The number of benzene rings is 1. The van der Waals surface area contributed by atoms with Crippen LogP contribution in [0.3, 0.4) is 0 Å². The highest BCUT2D eigenvalue weighted by atomic mass is 19.1. The molecule has 0 saturated heterocycles. The summed E-state index contributed by atoms with van der Waals surface area (Å²) in [6, 6.07) is 2.08. The summed E-state index contributed by atoms with van der Waals surface area (Å²) in [5.74, 6) is -2.01. The summed E-state index contributed by atoms with van der Waals surface area (Å²) in [5.41, 5.74) is -0.138. The molecular formula is C13H17F2NO2. The number of aliphatic hydroxyl groups is 1. The molecule has 0 aliphatic heterocycles. The van der Waals surface area contributed by atoms with Crippen LogP contribution in [-0.4, -0.2) is 41.5 Å². The number of halogens is 2. The van der Waals surface area contributed by atoms with Crippen molar-refractivity contribution in [3.05, 3.63) is 35.4 Å². The number of rotatable bonds is 5. The number of likely N-dealkylation sites (N-methyl/N-ethyl adjacent to an activating group) is 1. The lowest BCUT2D eigenvalue weighted by Gasteiger charge is -2.28. The second-order valence-electron chi connectivity index (χ2n) is 4.36. The fourth-order valence-corrected chi connectivity index (χ4v) is 1.61. The van der Waals surface area contributed by atoms with Crippen LogP contribution >= 0.6 is 0 Å². The summed E-state index contributed by atoms with van der Waals surface area (Å²) < 4.78 is 26.2. The van der Waals surface area contributed by atoms with Crippen LogP contribution in [0, 0.1) is 11.6 Å². The zero-order chi connectivity index (χ0) is 13.9. The van der Waals surface area contributed by atoms with Gasteiger partial charge in [-0.2, -0.15) is 0 Å².